The van der Waals surface area contributed by atoms with E-state index in [2.05, 4.69) is 74.6 Å². The summed E-state index contributed by atoms with van der Waals surface area (Å²) >= 11 is 7.19. The van der Waals surface area contributed by atoms with Gasteiger partial charge in [0.05, 0.1) is 34.0 Å². The van der Waals surface area contributed by atoms with Crippen LogP contribution in [0, 0.1) is 13.8 Å². The zero-order chi connectivity index (χ0) is 47.0. The number of hydrogen-bond acceptors (Lipinski definition) is 16. The van der Waals surface area contributed by atoms with Gasteiger partial charge < -0.3 is 50.0 Å². The van der Waals surface area contributed by atoms with E-state index in [1.165, 1.54) is 12.7 Å². The summed E-state index contributed by atoms with van der Waals surface area (Å²) in [6, 6.07) is 15.7. The van der Waals surface area contributed by atoms with Crippen LogP contribution in [0.25, 0.3) is 11.1 Å². The van der Waals surface area contributed by atoms with Gasteiger partial charge >= 0.3 is 11.9 Å². The number of halogens is 2. The lowest BCUT2D eigenvalue weighted by atomic mass is 9.92. The van der Waals surface area contributed by atoms with Gasteiger partial charge in [0.15, 0.2) is 0 Å². The van der Waals surface area contributed by atoms with E-state index in [-0.39, 0.29) is 77.2 Å². The van der Waals surface area contributed by atoms with Gasteiger partial charge in [-0.3, -0.25) is 9.59 Å². The lowest BCUT2D eigenvalue weighted by Crippen LogP contribution is -2.28. The van der Waals surface area contributed by atoms with Crippen molar-refractivity contribution >= 4 is 43.8 Å². The summed E-state index contributed by atoms with van der Waals surface area (Å²) in [7, 11) is 0. The Morgan fingerprint density at radius 2 is 0.955 bits per heavy atom. The van der Waals surface area contributed by atoms with Gasteiger partial charge in [-0.25, -0.2) is 19.9 Å². The number of carboxylic acids is 2. The van der Waals surface area contributed by atoms with Crippen molar-refractivity contribution < 1.29 is 49.0 Å². The van der Waals surface area contributed by atoms with Crippen molar-refractivity contribution in [2.45, 2.75) is 78.4 Å². The highest BCUT2D eigenvalue weighted by atomic mass is 79.9. The van der Waals surface area contributed by atoms with E-state index < -0.39 is 24.1 Å². The van der Waals surface area contributed by atoms with Gasteiger partial charge in [-0.05, 0) is 91.2 Å². The third-order valence-electron chi connectivity index (χ3n) is 10.1. The number of rotatable bonds is 25. The zero-order valence-corrected chi connectivity index (χ0v) is 39.2. The molecule has 0 fully saturated rings. The van der Waals surface area contributed by atoms with E-state index in [1.54, 1.807) is 24.8 Å². The Kier molecular flexibility index (Phi) is 18.2. The molecule has 2 aromatic carbocycles. The average Bonchev–Trinajstić information content (AvgIpc) is 3.28. The Morgan fingerprint density at radius 1 is 0.576 bits per heavy atom. The second-order valence-electron chi connectivity index (χ2n) is 15.1. The standard InChI is InChI=1S/C46H48Br2N8O10/c1-27-31(23-65-45-39(47)9-33(17-49-19-35(57)11-41(59)60)43(55-45)63-21-29-13-51-25-52-14-29)5-3-7-37(27)38-8-4-6-32(28(38)2)24-66-46-40(48)10-34(18-50-20-36(58)12-42(61)62)44(56-46)64-22-30-15-53-26-54-16-30/h3-10,13-16,25-26,35-36,49-50,57-58H,11-12,17-24H2,1-2H3,(H,59,60)(H,61,62)/t35-,36-/m0/s1. The molecule has 0 radical (unpaired) electrons. The molecule has 20 heteroatoms. The van der Waals surface area contributed by atoms with Gasteiger partial charge in [-0.2, -0.15) is 9.97 Å². The molecule has 0 saturated carbocycles. The molecule has 6 rings (SSSR count). The number of ether oxygens (including phenoxy) is 4. The van der Waals surface area contributed by atoms with Crippen LogP contribution in [0.4, 0.5) is 0 Å². The first-order chi connectivity index (χ1) is 31.8. The molecule has 0 spiro atoms. The molecule has 0 amide bonds. The molecule has 6 aromatic rings. The molecule has 346 valence electrons. The first-order valence-electron chi connectivity index (χ1n) is 20.6. The number of aromatic nitrogens is 6. The number of nitrogens with one attached hydrogen (secondary N) is 2. The quantitative estimate of drug-likeness (QED) is 0.0383. The molecule has 0 aliphatic carbocycles. The van der Waals surface area contributed by atoms with Crippen molar-refractivity contribution in [1.29, 1.82) is 0 Å². The van der Waals surface area contributed by atoms with Crippen LogP contribution in [-0.2, 0) is 49.1 Å². The van der Waals surface area contributed by atoms with Crippen LogP contribution >= 0.6 is 31.9 Å². The van der Waals surface area contributed by atoms with Crippen LogP contribution in [-0.4, -0.2) is 87.6 Å². The maximum absolute atomic E-state index is 11.0. The van der Waals surface area contributed by atoms with Gasteiger partial charge in [0, 0.05) is 73.2 Å². The topological polar surface area (TPSA) is 253 Å². The predicted molar refractivity (Wildman–Crippen MR) is 247 cm³/mol. The third kappa shape index (κ3) is 14.4. The molecule has 0 saturated heterocycles. The molecule has 66 heavy (non-hydrogen) atoms. The number of nitrogens with zero attached hydrogens (tertiary/aromatic N) is 6. The number of pyridine rings is 2. The summed E-state index contributed by atoms with van der Waals surface area (Å²) in [5.74, 6) is -1.03. The van der Waals surface area contributed by atoms with Crippen LogP contribution in [0.5, 0.6) is 23.5 Å². The lowest BCUT2D eigenvalue weighted by Gasteiger charge is -2.18. The minimum atomic E-state index is -1.09. The first-order valence-corrected chi connectivity index (χ1v) is 22.2. The third-order valence-corrected chi connectivity index (χ3v) is 11.2. The minimum Gasteiger partial charge on any atom is -0.481 e. The lowest BCUT2D eigenvalue weighted by molar-refractivity contribution is -0.140. The Labute approximate surface area is 397 Å². The van der Waals surface area contributed by atoms with Gasteiger partial charge in [0.25, 0.3) is 0 Å². The molecular weight excluding hydrogens is 984 g/mol. The maximum Gasteiger partial charge on any atom is 0.306 e. The zero-order valence-electron chi connectivity index (χ0n) is 36.0. The van der Waals surface area contributed by atoms with Crippen molar-refractivity contribution in [3.05, 3.63) is 139 Å². The number of benzene rings is 2. The number of aliphatic carboxylic acids is 2. The van der Waals surface area contributed by atoms with Crippen LogP contribution in [0.15, 0.2) is 94.9 Å². The van der Waals surface area contributed by atoms with Crippen molar-refractivity contribution in [2.24, 2.45) is 0 Å². The van der Waals surface area contributed by atoms with Crippen LogP contribution in [0.1, 0.15) is 57.3 Å². The summed E-state index contributed by atoms with van der Waals surface area (Å²) in [5, 5.41) is 44.3. The van der Waals surface area contributed by atoms with E-state index in [1.807, 2.05) is 50.2 Å². The highest BCUT2D eigenvalue weighted by Gasteiger charge is 2.19. The summed E-state index contributed by atoms with van der Waals surface area (Å²) in [6.07, 6.45) is 6.50. The van der Waals surface area contributed by atoms with E-state index in [4.69, 9.17) is 39.1 Å². The molecule has 2 atom stereocenters. The Bertz CT molecular complexity index is 2400. The van der Waals surface area contributed by atoms with Crippen LogP contribution in [0.3, 0.4) is 0 Å². The summed E-state index contributed by atoms with van der Waals surface area (Å²) in [5.41, 5.74) is 8.64. The highest BCUT2D eigenvalue weighted by molar-refractivity contribution is 9.10. The average molecular weight is 1030 g/mol. The largest absolute Gasteiger partial charge is 0.481 e. The number of hydrogen-bond donors (Lipinski definition) is 6. The number of aliphatic hydroxyl groups is 2. The first kappa shape index (κ1) is 49.3. The second kappa shape index (κ2) is 24.4. The smallest absolute Gasteiger partial charge is 0.306 e. The number of aliphatic hydroxyl groups excluding tert-OH is 2. The monoisotopic (exact) mass is 1030 g/mol. The van der Waals surface area contributed by atoms with Crippen molar-refractivity contribution in [1.82, 2.24) is 40.5 Å². The van der Waals surface area contributed by atoms with Crippen molar-refractivity contribution in [3.63, 3.8) is 0 Å². The highest BCUT2D eigenvalue weighted by Crippen LogP contribution is 2.35. The SMILES string of the molecule is Cc1c(COc2nc(OCc3cncnc3)c(CNC[C@@H](O)CC(=O)O)cc2Br)cccc1-c1cccc(COc2nc(OCc3cncnc3)c(CNC[C@@H](O)CC(=O)O)cc2Br)c1C. The van der Waals surface area contributed by atoms with E-state index in [9.17, 15) is 19.8 Å². The van der Waals surface area contributed by atoms with Crippen LogP contribution < -0.4 is 29.6 Å². The van der Waals surface area contributed by atoms with Gasteiger partial charge in [-0.1, -0.05) is 36.4 Å². The second-order valence-corrected chi connectivity index (χ2v) is 16.8. The van der Waals surface area contributed by atoms with E-state index in [0.29, 0.717) is 31.8 Å². The van der Waals surface area contributed by atoms with Crippen molar-refractivity contribution in [2.75, 3.05) is 13.1 Å². The number of carboxylic acid groups (broad SMARTS) is 2. The molecule has 0 unspecified atom stereocenters. The normalized spacial score (nSPS) is 12.0. The molecule has 6 N–H and O–H groups in total. The summed E-state index contributed by atoms with van der Waals surface area (Å²) < 4.78 is 26.0. The fraction of sp³-hybridized carbons (Fsp3) is 0.304. The van der Waals surface area contributed by atoms with Gasteiger partial charge in [-0.15, -0.1) is 0 Å². The molecule has 0 aliphatic heterocycles. The molecule has 0 aliphatic rings. The Morgan fingerprint density at radius 3 is 1.33 bits per heavy atom. The van der Waals surface area contributed by atoms with Crippen LogP contribution in [0.2, 0.25) is 0 Å². The molecular formula is C46H48Br2N8O10. The molecule has 18 nitrogen and oxygen atoms in total. The molecule has 0 bridgehead atoms. The van der Waals surface area contributed by atoms with Crippen molar-refractivity contribution in [3.8, 4) is 34.6 Å². The molecule has 4 aromatic heterocycles. The summed E-state index contributed by atoms with van der Waals surface area (Å²) in [6.45, 7) is 5.30. The molecule has 4 heterocycles. The predicted octanol–water partition coefficient (Wildman–Crippen LogP) is 6.03. The summed E-state index contributed by atoms with van der Waals surface area (Å²) in [4.78, 5) is 47.6. The maximum atomic E-state index is 11.0. The van der Waals surface area contributed by atoms with Gasteiger partial charge in [0.1, 0.15) is 39.1 Å². The number of carbonyl (C=O) groups is 2. The van der Waals surface area contributed by atoms with E-state index >= 15 is 0 Å². The van der Waals surface area contributed by atoms with Gasteiger partial charge in [0.2, 0.25) is 23.5 Å². The fourth-order valence-electron chi connectivity index (χ4n) is 6.66. The Balaban J connectivity index is 1.16. The van der Waals surface area contributed by atoms with E-state index in [0.717, 1.165) is 44.5 Å². The minimum absolute atomic E-state index is 0.0527. The Hall–Kier alpha value is -6.16. The fourth-order valence-corrected chi connectivity index (χ4v) is 7.61.